The van der Waals surface area contributed by atoms with Crippen molar-refractivity contribution < 1.29 is 9.90 Å². The molecule has 0 bridgehead atoms. The van der Waals surface area contributed by atoms with Crippen molar-refractivity contribution in [3.8, 4) is 0 Å². The van der Waals surface area contributed by atoms with E-state index in [2.05, 4.69) is 11.4 Å². The number of hydrogen-bond donors (Lipinski definition) is 2. The smallest absolute Gasteiger partial charge is 0.253 e. The minimum atomic E-state index is -1.12. The molecule has 2 rings (SSSR count). The van der Waals surface area contributed by atoms with Gasteiger partial charge in [-0.2, -0.15) is 11.8 Å². The first-order valence-electron chi connectivity index (χ1n) is 5.48. The quantitative estimate of drug-likeness (QED) is 0.694. The predicted molar refractivity (Wildman–Crippen MR) is 61.8 cm³/mol. The van der Waals surface area contributed by atoms with Crippen LogP contribution in [0.2, 0.25) is 0 Å². The van der Waals surface area contributed by atoms with E-state index in [9.17, 15) is 9.90 Å². The van der Waals surface area contributed by atoms with Crippen LogP contribution in [0.25, 0.3) is 0 Å². The lowest BCUT2D eigenvalue weighted by atomic mass is 9.99. The van der Waals surface area contributed by atoms with E-state index in [-0.39, 0.29) is 11.9 Å². The van der Waals surface area contributed by atoms with Crippen LogP contribution in [0, 0.1) is 0 Å². The molecule has 0 radical (unpaired) electrons. The van der Waals surface area contributed by atoms with Gasteiger partial charge in [0.05, 0.1) is 0 Å². The van der Waals surface area contributed by atoms with E-state index >= 15 is 0 Å². The summed E-state index contributed by atoms with van der Waals surface area (Å²) in [6.45, 7) is 0. The summed E-state index contributed by atoms with van der Waals surface area (Å²) in [6, 6.07) is 0.126. The molecular formula is C11H17NO2S. The van der Waals surface area contributed by atoms with Crippen molar-refractivity contribution in [2.45, 2.75) is 37.3 Å². The Kier molecular flexibility index (Phi) is 3.36. The molecule has 1 saturated heterocycles. The van der Waals surface area contributed by atoms with Crippen molar-refractivity contribution in [2.75, 3.05) is 11.5 Å². The van der Waals surface area contributed by atoms with Crippen LogP contribution in [0.4, 0.5) is 0 Å². The molecule has 1 fully saturated rings. The third-order valence-corrected chi connectivity index (χ3v) is 4.17. The number of carbonyl (C=O) groups is 1. The highest BCUT2D eigenvalue weighted by molar-refractivity contribution is 7.99. The van der Waals surface area contributed by atoms with Gasteiger partial charge in [-0.15, -0.1) is 0 Å². The molecular weight excluding hydrogens is 210 g/mol. The molecule has 0 saturated carbocycles. The summed E-state index contributed by atoms with van der Waals surface area (Å²) >= 11 is 1.64. The van der Waals surface area contributed by atoms with Crippen molar-refractivity contribution in [1.82, 2.24) is 5.32 Å². The molecule has 2 unspecified atom stereocenters. The van der Waals surface area contributed by atoms with Crippen molar-refractivity contribution in [1.29, 1.82) is 0 Å². The van der Waals surface area contributed by atoms with Crippen molar-refractivity contribution in [3.63, 3.8) is 0 Å². The first-order valence-corrected chi connectivity index (χ1v) is 6.64. The van der Waals surface area contributed by atoms with E-state index in [1.54, 1.807) is 11.8 Å². The Balaban J connectivity index is 1.90. The standard InChI is InChI=1S/C11H17NO2S/c13-10(11(14)6-7-15-8-11)12-9-4-2-1-3-5-9/h2,4,9,14H,1,3,5-8H2,(H,12,13). The van der Waals surface area contributed by atoms with E-state index in [1.165, 1.54) is 0 Å². The second-order valence-electron chi connectivity index (χ2n) is 4.27. The van der Waals surface area contributed by atoms with Crippen LogP contribution in [0.15, 0.2) is 12.2 Å². The molecule has 1 aliphatic heterocycles. The third kappa shape index (κ3) is 2.55. The summed E-state index contributed by atoms with van der Waals surface area (Å²) in [5, 5.41) is 12.9. The van der Waals surface area contributed by atoms with Gasteiger partial charge in [0.1, 0.15) is 0 Å². The maximum atomic E-state index is 11.8. The Morgan fingerprint density at radius 2 is 2.47 bits per heavy atom. The maximum Gasteiger partial charge on any atom is 0.253 e. The topological polar surface area (TPSA) is 49.3 Å². The molecule has 0 spiro atoms. The number of rotatable bonds is 2. The average molecular weight is 227 g/mol. The molecule has 0 aromatic rings. The Morgan fingerprint density at radius 3 is 3.07 bits per heavy atom. The summed E-state index contributed by atoms with van der Waals surface area (Å²) in [7, 11) is 0. The van der Waals surface area contributed by atoms with Crippen molar-refractivity contribution in [2.24, 2.45) is 0 Å². The lowest BCUT2D eigenvalue weighted by Gasteiger charge is -2.25. The second-order valence-corrected chi connectivity index (χ2v) is 5.38. The van der Waals surface area contributed by atoms with Gasteiger partial charge in [-0.05, 0) is 31.4 Å². The summed E-state index contributed by atoms with van der Waals surface area (Å²) in [4.78, 5) is 11.8. The number of carbonyl (C=O) groups excluding carboxylic acids is 1. The number of thioether (sulfide) groups is 1. The summed E-state index contributed by atoms with van der Waals surface area (Å²) in [5.41, 5.74) is -1.12. The Hall–Kier alpha value is -0.480. The monoisotopic (exact) mass is 227 g/mol. The predicted octanol–water partition coefficient (Wildman–Crippen LogP) is 1.08. The number of hydrogen-bond acceptors (Lipinski definition) is 3. The molecule has 2 atom stereocenters. The number of nitrogens with one attached hydrogen (secondary N) is 1. The molecule has 84 valence electrons. The van der Waals surface area contributed by atoms with Crippen LogP contribution >= 0.6 is 11.8 Å². The van der Waals surface area contributed by atoms with Gasteiger partial charge < -0.3 is 10.4 Å². The SMILES string of the molecule is O=C(NC1C=CCCC1)C1(O)CCSC1. The first-order chi connectivity index (χ1) is 7.21. The van der Waals surface area contributed by atoms with Gasteiger partial charge in [0.15, 0.2) is 5.60 Å². The number of allylic oxidation sites excluding steroid dienone is 1. The first kappa shape index (κ1) is 11.0. The van der Waals surface area contributed by atoms with Crippen LogP contribution < -0.4 is 5.32 Å². The second kappa shape index (κ2) is 4.58. The summed E-state index contributed by atoms with van der Waals surface area (Å²) < 4.78 is 0. The van der Waals surface area contributed by atoms with Crippen LogP contribution in [0.1, 0.15) is 25.7 Å². The van der Waals surface area contributed by atoms with E-state index in [0.717, 1.165) is 25.0 Å². The fourth-order valence-corrected chi connectivity index (χ4v) is 3.21. The molecule has 15 heavy (non-hydrogen) atoms. The highest BCUT2D eigenvalue weighted by atomic mass is 32.2. The largest absolute Gasteiger partial charge is 0.379 e. The van der Waals surface area contributed by atoms with E-state index in [0.29, 0.717) is 12.2 Å². The van der Waals surface area contributed by atoms with Crippen LogP contribution in [0.5, 0.6) is 0 Å². The van der Waals surface area contributed by atoms with Gasteiger partial charge in [0.2, 0.25) is 0 Å². The Morgan fingerprint density at radius 1 is 1.60 bits per heavy atom. The van der Waals surface area contributed by atoms with Crippen LogP contribution in [-0.2, 0) is 4.79 Å². The summed E-state index contributed by atoms with van der Waals surface area (Å²) in [6.07, 6.45) is 7.93. The fourth-order valence-electron chi connectivity index (χ4n) is 1.97. The zero-order chi connectivity index (χ0) is 10.7. The minimum Gasteiger partial charge on any atom is -0.379 e. The van der Waals surface area contributed by atoms with Crippen molar-refractivity contribution >= 4 is 17.7 Å². The number of aliphatic hydroxyl groups is 1. The molecule has 1 aliphatic carbocycles. The zero-order valence-corrected chi connectivity index (χ0v) is 9.55. The third-order valence-electron chi connectivity index (χ3n) is 2.99. The van der Waals surface area contributed by atoms with Gasteiger partial charge in [0.25, 0.3) is 5.91 Å². The minimum absolute atomic E-state index is 0.126. The molecule has 1 amide bonds. The normalized spacial score (nSPS) is 35.4. The Bertz CT molecular complexity index is 272. The van der Waals surface area contributed by atoms with Gasteiger partial charge in [-0.3, -0.25) is 4.79 Å². The van der Waals surface area contributed by atoms with Gasteiger partial charge in [-0.1, -0.05) is 12.2 Å². The highest BCUT2D eigenvalue weighted by Crippen LogP contribution is 2.28. The molecule has 0 aromatic carbocycles. The molecule has 3 nitrogen and oxygen atoms in total. The van der Waals surface area contributed by atoms with Crippen molar-refractivity contribution in [3.05, 3.63) is 12.2 Å². The van der Waals surface area contributed by atoms with Crippen LogP contribution in [0.3, 0.4) is 0 Å². The molecule has 0 aromatic heterocycles. The van der Waals surface area contributed by atoms with E-state index < -0.39 is 5.60 Å². The summed E-state index contributed by atoms with van der Waals surface area (Å²) in [5.74, 6) is 1.23. The molecule has 2 N–H and O–H groups in total. The molecule has 4 heteroatoms. The van der Waals surface area contributed by atoms with Crippen LogP contribution in [-0.4, -0.2) is 34.2 Å². The molecule has 2 aliphatic rings. The van der Waals surface area contributed by atoms with Gasteiger partial charge in [-0.25, -0.2) is 0 Å². The maximum absolute atomic E-state index is 11.8. The van der Waals surface area contributed by atoms with Gasteiger partial charge >= 0.3 is 0 Å². The van der Waals surface area contributed by atoms with E-state index in [4.69, 9.17) is 0 Å². The van der Waals surface area contributed by atoms with Gasteiger partial charge in [0, 0.05) is 11.8 Å². The highest BCUT2D eigenvalue weighted by Gasteiger charge is 2.39. The lowest BCUT2D eigenvalue weighted by Crippen LogP contribution is -2.50. The molecule has 1 heterocycles. The average Bonchev–Trinajstić information content (AvgIpc) is 2.68. The fraction of sp³-hybridized carbons (Fsp3) is 0.727. The Labute approximate surface area is 94.3 Å². The lowest BCUT2D eigenvalue weighted by molar-refractivity contribution is -0.137. The number of amides is 1. The van der Waals surface area contributed by atoms with E-state index in [1.807, 2.05) is 6.08 Å². The zero-order valence-electron chi connectivity index (χ0n) is 8.74.